The van der Waals surface area contributed by atoms with E-state index in [0.29, 0.717) is 16.3 Å². The zero-order chi connectivity index (χ0) is 16.8. The van der Waals surface area contributed by atoms with Crippen molar-refractivity contribution in [3.63, 3.8) is 0 Å². The molecule has 0 aromatic heterocycles. The minimum atomic E-state index is -0.547. The Morgan fingerprint density at radius 2 is 2.04 bits per heavy atom. The van der Waals surface area contributed by atoms with E-state index in [1.54, 1.807) is 30.3 Å². The zero-order valence-corrected chi connectivity index (χ0v) is 12.9. The Hall–Kier alpha value is -2.86. The van der Waals surface area contributed by atoms with Crippen molar-refractivity contribution in [2.75, 3.05) is 12.4 Å². The number of nitrogens with zero attached hydrogens (tertiary/aromatic N) is 1. The minimum Gasteiger partial charge on any atom is -0.495 e. The van der Waals surface area contributed by atoms with Crippen molar-refractivity contribution in [2.24, 2.45) is 0 Å². The Morgan fingerprint density at radius 1 is 1.30 bits per heavy atom. The maximum absolute atomic E-state index is 12.0. The number of benzene rings is 2. The highest BCUT2D eigenvalue weighted by molar-refractivity contribution is 6.32. The molecule has 0 aliphatic rings. The van der Waals surface area contributed by atoms with Crippen LogP contribution in [0.15, 0.2) is 48.5 Å². The normalized spacial score (nSPS) is 10.5. The molecule has 2 aromatic rings. The monoisotopic (exact) mass is 332 g/mol. The quantitative estimate of drug-likeness (QED) is 0.511. The van der Waals surface area contributed by atoms with Crippen LogP contribution >= 0.6 is 11.6 Å². The fourth-order valence-corrected chi connectivity index (χ4v) is 2.06. The predicted octanol–water partition coefficient (Wildman–Crippen LogP) is 3.91. The van der Waals surface area contributed by atoms with Gasteiger partial charge in [-0.25, -0.2) is 0 Å². The Balaban J connectivity index is 2.18. The van der Waals surface area contributed by atoms with Crippen LogP contribution in [-0.4, -0.2) is 17.9 Å². The van der Waals surface area contributed by atoms with Crippen LogP contribution in [0.4, 0.5) is 11.4 Å². The summed E-state index contributed by atoms with van der Waals surface area (Å²) in [5.74, 6) is -0.126. The first-order chi connectivity index (χ1) is 11.0. The van der Waals surface area contributed by atoms with Crippen molar-refractivity contribution in [1.29, 1.82) is 0 Å². The van der Waals surface area contributed by atoms with E-state index in [0.717, 1.165) is 0 Å². The molecule has 2 rings (SSSR count). The number of methoxy groups -OCH3 is 1. The van der Waals surface area contributed by atoms with Gasteiger partial charge < -0.3 is 10.1 Å². The van der Waals surface area contributed by atoms with Gasteiger partial charge in [0.2, 0.25) is 5.91 Å². The van der Waals surface area contributed by atoms with Crippen molar-refractivity contribution in [3.05, 3.63) is 69.2 Å². The first-order valence-corrected chi connectivity index (χ1v) is 6.95. The molecule has 0 radical (unpaired) electrons. The van der Waals surface area contributed by atoms with Crippen LogP contribution in [0.3, 0.4) is 0 Å². The van der Waals surface area contributed by atoms with Crippen molar-refractivity contribution in [2.45, 2.75) is 0 Å². The zero-order valence-electron chi connectivity index (χ0n) is 12.2. The molecule has 1 amide bonds. The highest BCUT2D eigenvalue weighted by Gasteiger charge is 2.12. The molecule has 6 nitrogen and oxygen atoms in total. The lowest BCUT2D eigenvalue weighted by Crippen LogP contribution is -2.09. The van der Waals surface area contributed by atoms with Crippen LogP contribution in [0.1, 0.15) is 5.56 Å². The molecule has 7 heteroatoms. The number of ether oxygens (including phenoxy) is 1. The van der Waals surface area contributed by atoms with E-state index in [1.807, 2.05) is 0 Å². The number of nitro groups is 1. The topological polar surface area (TPSA) is 81.5 Å². The summed E-state index contributed by atoms with van der Waals surface area (Å²) in [6.45, 7) is 0. The number of hydrogen-bond acceptors (Lipinski definition) is 4. The van der Waals surface area contributed by atoms with Crippen LogP contribution in [0, 0.1) is 10.1 Å². The van der Waals surface area contributed by atoms with E-state index in [1.165, 1.54) is 31.4 Å². The van der Waals surface area contributed by atoms with Crippen molar-refractivity contribution in [3.8, 4) is 5.75 Å². The third kappa shape index (κ3) is 4.31. The summed E-state index contributed by atoms with van der Waals surface area (Å²) in [6, 6.07) is 11.0. The van der Waals surface area contributed by atoms with Crippen molar-refractivity contribution < 1.29 is 14.5 Å². The summed E-state index contributed by atoms with van der Waals surface area (Å²) < 4.78 is 5.08. The molecule has 0 atom stereocenters. The smallest absolute Gasteiger partial charge is 0.271 e. The number of anilines is 1. The summed E-state index contributed by atoms with van der Waals surface area (Å²) >= 11 is 5.99. The molecule has 0 saturated heterocycles. The van der Waals surface area contributed by atoms with Gasteiger partial charge in [-0.1, -0.05) is 29.8 Å². The first kappa shape index (κ1) is 16.5. The van der Waals surface area contributed by atoms with Gasteiger partial charge in [0.05, 0.1) is 17.7 Å². The molecule has 1 N–H and O–H groups in total. The number of non-ortho nitro benzene ring substituents is 1. The van der Waals surface area contributed by atoms with E-state index < -0.39 is 10.8 Å². The lowest BCUT2D eigenvalue weighted by Gasteiger charge is -2.08. The molecular formula is C16H13ClN2O4. The minimum absolute atomic E-state index is 0.142. The van der Waals surface area contributed by atoms with Crippen LogP contribution in [0.2, 0.25) is 5.02 Å². The molecule has 0 heterocycles. The number of hydrogen-bond donors (Lipinski definition) is 1. The van der Waals surface area contributed by atoms with Gasteiger partial charge in [0.1, 0.15) is 5.75 Å². The first-order valence-electron chi connectivity index (χ1n) is 6.57. The molecule has 0 spiro atoms. The van der Waals surface area contributed by atoms with Crippen LogP contribution in [0.25, 0.3) is 6.08 Å². The van der Waals surface area contributed by atoms with Gasteiger partial charge in [-0.3, -0.25) is 14.9 Å². The van der Waals surface area contributed by atoms with Gasteiger partial charge >= 0.3 is 0 Å². The van der Waals surface area contributed by atoms with E-state index in [4.69, 9.17) is 16.3 Å². The second kappa shape index (κ2) is 7.42. The van der Waals surface area contributed by atoms with E-state index in [9.17, 15) is 14.9 Å². The fraction of sp³-hybridized carbons (Fsp3) is 0.0625. The standard InChI is InChI=1S/C16H13ClN2O4/c1-23-15-8-7-12(19(21)22)10-14(15)18-16(20)9-6-11-4-2-3-5-13(11)17/h2-10H,1H3,(H,18,20). The molecule has 0 aliphatic heterocycles. The molecule has 2 aromatic carbocycles. The summed E-state index contributed by atoms with van der Waals surface area (Å²) in [4.78, 5) is 22.2. The third-order valence-corrected chi connectivity index (χ3v) is 3.32. The highest BCUT2D eigenvalue weighted by atomic mass is 35.5. The highest BCUT2D eigenvalue weighted by Crippen LogP contribution is 2.28. The number of halogens is 1. The Bertz CT molecular complexity index is 774. The van der Waals surface area contributed by atoms with E-state index in [-0.39, 0.29) is 11.4 Å². The van der Waals surface area contributed by atoms with Crippen molar-refractivity contribution in [1.82, 2.24) is 0 Å². The molecule has 0 saturated carbocycles. The van der Waals surface area contributed by atoms with Crippen molar-refractivity contribution >= 4 is 35.0 Å². The van der Waals surface area contributed by atoms with Gasteiger partial charge in [-0.15, -0.1) is 0 Å². The summed E-state index contributed by atoms with van der Waals surface area (Å²) in [6.07, 6.45) is 2.85. The molecule has 118 valence electrons. The van der Waals surface area contributed by atoms with Crippen LogP contribution < -0.4 is 10.1 Å². The number of nitro benzene ring substituents is 1. The summed E-state index contributed by atoms with van der Waals surface area (Å²) in [7, 11) is 1.41. The molecule has 23 heavy (non-hydrogen) atoms. The lowest BCUT2D eigenvalue weighted by molar-refractivity contribution is -0.384. The van der Waals surface area contributed by atoms with Gasteiger partial charge in [0.25, 0.3) is 5.69 Å². The molecule has 0 fully saturated rings. The second-order valence-corrected chi connectivity index (χ2v) is 4.89. The van der Waals surface area contributed by atoms with E-state index >= 15 is 0 Å². The number of rotatable bonds is 5. The molecule has 0 aliphatic carbocycles. The summed E-state index contributed by atoms with van der Waals surface area (Å²) in [5, 5.41) is 13.9. The average Bonchev–Trinajstić information content (AvgIpc) is 2.54. The molecule has 0 unspecified atom stereocenters. The average molecular weight is 333 g/mol. The SMILES string of the molecule is COc1ccc([N+](=O)[O-])cc1NC(=O)C=Cc1ccccc1Cl. The fourth-order valence-electron chi connectivity index (χ4n) is 1.86. The largest absolute Gasteiger partial charge is 0.495 e. The number of amides is 1. The number of carbonyl (C=O) groups is 1. The van der Waals surface area contributed by atoms with Gasteiger partial charge in [-0.2, -0.15) is 0 Å². The van der Waals surface area contributed by atoms with E-state index in [2.05, 4.69) is 5.32 Å². The number of carbonyl (C=O) groups excluding carboxylic acids is 1. The van der Waals surface area contributed by atoms with Gasteiger partial charge in [-0.05, 0) is 23.8 Å². The molecule has 0 bridgehead atoms. The Morgan fingerprint density at radius 3 is 2.70 bits per heavy atom. The molecular weight excluding hydrogens is 320 g/mol. The number of nitrogens with one attached hydrogen (secondary N) is 1. The van der Waals surface area contributed by atoms with Crippen LogP contribution in [0.5, 0.6) is 5.75 Å². The van der Waals surface area contributed by atoms with Gasteiger partial charge in [0, 0.05) is 23.2 Å². The van der Waals surface area contributed by atoms with Crippen LogP contribution in [-0.2, 0) is 4.79 Å². The predicted molar refractivity (Wildman–Crippen MR) is 88.8 cm³/mol. The Kier molecular flexibility index (Phi) is 5.32. The van der Waals surface area contributed by atoms with Gasteiger partial charge in [0.15, 0.2) is 0 Å². The maximum atomic E-state index is 12.0. The summed E-state index contributed by atoms with van der Waals surface area (Å²) in [5.41, 5.74) is 0.766. The second-order valence-electron chi connectivity index (χ2n) is 4.49. The Labute approximate surface area is 137 Å². The lowest BCUT2D eigenvalue weighted by atomic mass is 10.2. The maximum Gasteiger partial charge on any atom is 0.271 e. The third-order valence-electron chi connectivity index (χ3n) is 2.97.